The maximum absolute atomic E-state index is 13.8. The average Bonchev–Trinajstić information content (AvgIpc) is 2.81. The van der Waals surface area contributed by atoms with E-state index in [4.69, 9.17) is 0 Å². The third-order valence-electron chi connectivity index (χ3n) is 6.23. The quantitative estimate of drug-likeness (QED) is 0.638. The van der Waals surface area contributed by atoms with E-state index in [1.54, 1.807) is 42.5 Å². The van der Waals surface area contributed by atoms with E-state index < -0.39 is 27.0 Å². The highest BCUT2D eigenvalue weighted by Gasteiger charge is 2.47. The van der Waals surface area contributed by atoms with Crippen molar-refractivity contribution in [2.24, 2.45) is 5.92 Å². The lowest BCUT2D eigenvalue weighted by molar-refractivity contribution is 0.0536. The Morgan fingerprint density at radius 1 is 0.806 bits per heavy atom. The fourth-order valence-electron chi connectivity index (χ4n) is 4.76. The third kappa shape index (κ3) is 3.16. The summed E-state index contributed by atoms with van der Waals surface area (Å²) in [5.41, 5.74) is 0.741. The van der Waals surface area contributed by atoms with Crippen LogP contribution in [0.1, 0.15) is 33.6 Å². The SMILES string of the molecule is O=C1c2cccc3cccc(c23)C(=O)N1C(C1CCNCC1)S(=O)(=O)c1ccccc1. The number of nitrogens with one attached hydrogen (secondary N) is 1. The smallest absolute Gasteiger partial charge is 0.262 e. The van der Waals surface area contributed by atoms with Gasteiger partial charge in [-0.25, -0.2) is 8.42 Å². The molecule has 7 heteroatoms. The minimum atomic E-state index is -3.98. The van der Waals surface area contributed by atoms with Crippen molar-refractivity contribution < 1.29 is 18.0 Å². The lowest BCUT2D eigenvalue weighted by Gasteiger charge is -2.39. The summed E-state index contributed by atoms with van der Waals surface area (Å²) < 4.78 is 27.6. The molecule has 0 aliphatic carbocycles. The highest BCUT2D eigenvalue weighted by molar-refractivity contribution is 7.92. The Bertz CT molecular complexity index is 1230. The molecule has 0 spiro atoms. The molecule has 2 aliphatic heterocycles. The van der Waals surface area contributed by atoms with Crippen molar-refractivity contribution in [1.29, 1.82) is 0 Å². The number of amides is 2. The molecule has 0 aromatic heterocycles. The van der Waals surface area contributed by atoms with Gasteiger partial charge in [0.2, 0.25) is 0 Å². The van der Waals surface area contributed by atoms with Crippen LogP contribution in [0.25, 0.3) is 10.8 Å². The zero-order chi connectivity index (χ0) is 21.6. The number of piperidine rings is 1. The Hall–Kier alpha value is -3.03. The first-order valence-electron chi connectivity index (χ1n) is 10.4. The molecule has 0 radical (unpaired) electrons. The summed E-state index contributed by atoms with van der Waals surface area (Å²) in [6.07, 6.45) is 1.14. The van der Waals surface area contributed by atoms with Crippen LogP contribution in [-0.2, 0) is 9.84 Å². The van der Waals surface area contributed by atoms with Crippen molar-refractivity contribution in [2.45, 2.75) is 23.1 Å². The standard InChI is InChI=1S/C24H22N2O4S/c27-22-19-10-4-6-16-7-5-11-20(21(16)19)23(28)26(22)24(17-12-14-25-15-13-17)31(29,30)18-8-2-1-3-9-18/h1-11,17,24-25H,12-15H2. The van der Waals surface area contributed by atoms with Gasteiger partial charge in [-0.2, -0.15) is 0 Å². The molecule has 2 amide bonds. The van der Waals surface area contributed by atoms with Crippen molar-refractivity contribution in [3.8, 4) is 0 Å². The molecule has 3 aromatic carbocycles. The van der Waals surface area contributed by atoms with Crippen molar-refractivity contribution >= 4 is 32.4 Å². The molecule has 6 nitrogen and oxygen atoms in total. The summed E-state index contributed by atoms with van der Waals surface area (Å²) >= 11 is 0. The third-order valence-corrected chi connectivity index (χ3v) is 8.40. The van der Waals surface area contributed by atoms with Gasteiger partial charge < -0.3 is 5.32 Å². The van der Waals surface area contributed by atoms with Crippen LogP contribution in [0.2, 0.25) is 0 Å². The van der Waals surface area contributed by atoms with Crippen molar-refractivity contribution in [1.82, 2.24) is 10.2 Å². The second kappa shape index (κ2) is 7.59. The number of imide groups is 1. The number of benzene rings is 3. The number of hydrogen-bond donors (Lipinski definition) is 1. The van der Waals surface area contributed by atoms with Gasteiger partial charge in [0.1, 0.15) is 5.37 Å². The zero-order valence-electron chi connectivity index (χ0n) is 16.8. The van der Waals surface area contributed by atoms with E-state index in [1.165, 1.54) is 12.1 Å². The van der Waals surface area contributed by atoms with Gasteiger partial charge in [0.25, 0.3) is 11.8 Å². The number of nitrogens with zero attached hydrogens (tertiary/aromatic N) is 1. The summed E-state index contributed by atoms with van der Waals surface area (Å²) in [5.74, 6) is -1.43. The van der Waals surface area contributed by atoms with E-state index in [2.05, 4.69) is 5.32 Å². The van der Waals surface area contributed by atoms with Crippen LogP contribution in [0.15, 0.2) is 71.6 Å². The Balaban J connectivity index is 1.70. The predicted molar refractivity (Wildman–Crippen MR) is 117 cm³/mol. The summed E-state index contributed by atoms with van der Waals surface area (Å²) in [6.45, 7) is 1.29. The van der Waals surface area contributed by atoms with Gasteiger partial charge in [0.05, 0.1) is 4.90 Å². The van der Waals surface area contributed by atoms with Gasteiger partial charge in [-0.1, -0.05) is 42.5 Å². The Morgan fingerprint density at radius 2 is 1.39 bits per heavy atom. The first-order chi connectivity index (χ1) is 15.0. The lowest BCUT2D eigenvalue weighted by atomic mass is 9.91. The predicted octanol–water partition coefficient (Wildman–Crippen LogP) is 3.24. The molecule has 158 valence electrons. The van der Waals surface area contributed by atoms with Crippen molar-refractivity contribution in [3.05, 3.63) is 77.9 Å². The summed E-state index contributed by atoms with van der Waals surface area (Å²) in [5, 5.41) is 3.37. The van der Waals surface area contributed by atoms with Crippen LogP contribution >= 0.6 is 0 Å². The minimum absolute atomic E-state index is 0.121. The molecule has 1 atom stereocenters. The van der Waals surface area contributed by atoms with E-state index in [9.17, 15) is 18.0 Å². The van der Waals surface area contributed by atoms with E-state index in [0.717, 1.165) is 10.3 Å². The topological polar surface area (TPSA) is 83.6 Å². The van der Waals surface area contributed by atoms with Gasteiger partial charge in [-0.05, 0) is 61.5 Å². The van der Waals surface area contributed by atoms with Gasteiger partial charge in [0, 0.05) is 16.5 Å². The van der Waals surface area contributed by atoms with Crippen LogP contribution in [0.4, 0.5) is 0 Å². The van der Waals surface area contributed by atoms with Crippen LogP contribution in [-0.4, -0.2) is 43.6 Å². The monoisotopic (exact) mass is 434 g/mol. The molecular formula is C24H22N2O4S. The normalized spacial score (nSPS) is 18.4. The van der Waals surface area contributed by atoms with Gasteiger partial charge >= 0.3 is 0 Å². The van der Waals surface area contributed by atoms with Crippen LogP contribution in [0.5, 0.6) is 0 Å². The molecule has 31 heavy (non-hydrogen) atoms. The maximum atomic E-state index is 13.8. The van der Waals surface area contributed by atoms with E-state index in [1.807, 2.05) is 12.1 Å². The highest BCUT2D eigenvalue weighted by atomic mass is 32.2. The Morgan fingerprint density at radius 3 is 1.97 bits per heavy atom. The molecule has 2 heterocycles. The van der Waals surface area contributed by atoms with Crippen LogP contribution < -0.4 is 5.32 Å². The largest absolute Gasteiger partial charge is 0.317 e. The van der Waals surface area contributed by atoms with E-state index in [0.29, 0.717) is 42.4 Å². The minimum Gasteiger partial charge on any atom is -0.317 e. The van der Waals surface area contributed by atoms with Crippen LogP contribution in [0, 0.1) is 5.92 Å². The average molecular weight is 435 g/mol. The fraction of sp³-hybridized carbons (Fsp3) is 0.250. The van der Waals surface area contributed by atoms with Gasteiger partial charge in [-0.3, -0.25) is 14.5 Å². The number of carbonyl (C=O) groups is 2. The Labute approximate surface area is 180 Å². The van der Waals surface area contributed by atoms with E-state index >= 15 is 0 Å². The first kappa shape index (κ1) is 19.9. The highest BCUT2D eigenvalue weighted by Crippen LogP contribution is 2.37. The molecule has 1 fully saturated rings. The van der Waals surface area contributed by atoms with Gasteiger partial charge in [0.15, 0.2) is 9.84 Å². The number of rotatable bonds is 4. The first-order valence-corrected chi connectivity index (χ1v) is 11.9. The molecule has 0 bridgehead atoms. The van der Waals surface area contributed by atoms with Crippen molar-refractivity contribution in [3.63, 3.8) is 0 Å². The number of carbonyl (C=O) groups excluding carboxylic acids is 2. The van der Waals surface area contributed by atoms with Crippen LogP contribution in [0.3, 0.4) is 0 Å². The van der Waals surface area contributed by atoms with Gasteiger partial charge in [-0.15, -0.1) is 0 Å². The molecular weight excluding hydrogens is 412 g/mol. The molecule has 3 aromatic rings. The van der Waals surface area contributed by atoms with Crippen molar-refractivity contribution in [2.75, 3.05) is 13.1 Å². The molecule has 1 unspecified atom stereocenters. The Kier molecular flexibility index (Phi) is 4.87. The molecule has 1 saturated heterocycles. The summed E-state index contributed by atoms with van der Waals surface area (Å²) in [6, 6.07) is 18.7. The summed E-state index contributed by atoms with van der Waals surface area (Å²) in [4.78, 5) is 28.3. The fourth-order valence-corrected chi connectivity index (χ4v) is 6.83. The molecule has 0 saturated carbocycles. The van der Waals surface area contributed by atoms with E-state index in [-0.39, 0.29) is 10.8 Å². The molecule has 5 rings (SSSR count). The zero-order valence-corrected chi connectivity index (χ0v) is 17.6. The second-order valence-corrected chi connectivity index (χ2v) is 10.1. The second-order valence-electron chi connectivity index (χ2n) is 8.03. The lowest BCUT2D eigenvalue weighted by Crippen LogP contribution is -2.55. The maximum Gasteiger partial charge on any atom is 0.262 e. The molecule has 2 aliphatic rings. The summed E-state index contributed by atoms with van der Waals surface area (Å²) in [7, 11) is -3.98. The number of sulfone groups is 1. The molecule has 1 N–H and O–H groups in total. The number of hydrogen-bond acceptors (Lipinski definition) is 5.